The van der Waals surface area contributed by atoms with Gasteiger partial charge in [0.2, 0.25) is 0 Å². The van der Waals surface area contributed by atoms with E-state index in [-0.39, 0.29) is 0 Å². The lowest BCUT2D eigenvalue weighted by atomic mass is 9.70. The topological polar surface area (TPSA) is 16.4 Å². The van der Waals surface area contributed by atoms with E-state index in [9.17, 15) is 0 Å². The minimum absolute atomic E-state index is 0.545. The number of para-hydroxylation sites is 1. The molecular weight excluding hydrogens is 795 g/mol. The molecule has 3 heteroatoms. The quantitative estimate of drug-likeness (QED) is 0.172. The lowest BCUT2D eigenvalue weighted by molar-refractivity contribution is 0.669. The molecule has 0 N–H and O–H groups in total. The molecule has 0 saturated heterocycles. The first-order valence-electron chi connectivity index (χ1n) is 22.0. The van der Waals surface area contributed by atoms with Crippen LogP contribution in [0.3, 0.4) is 0 Å². The molecule has 2 nitrogen and oxygen atoms in total. The lowest BCUT2D eigenvalue weighted by Gasteiger charge is -2.32. The van der Waals surface area contributed by atoms with E-state index in [1.165, 1.54) is 86.9 Å². The predicted octanol–water partition coefficient (Wildman–Crippen LogP) is 17.1. The summed E-state index contributed by atoms with van der Waals surface area (Å²) < 4.78 is 9.46. The van der Waals surface area contributed by atoms with Gasteiger partial charge in [-0.15, -0.1) is 11.3 Å². The standard InChI is InChI=1S/C61H37NOS/c1-2-14-38(15-3-1)39-28-32-41(33-29-39)62(42-34-30-40(31-35-42)43-20-12-21-47-45-17-7-11-27-56(45)64-60(43)47)54-25-13-24-52-57(54)48-18-4-8-22-50(48)61(52)51-23-9-5-19-49(51)58-53(61)37-36-46-44-16-6-10-26-55(44)63-59(46)58/h1-37H. The summed E-state index contributed by atoms with van der Waals surface area (Å²) in [6, 6.07) is 82.6. The lowest BCUT2D eigenvalue weighted by Crippen LogP contribution is -2.26. The molecule has 0 radical (unpaired) electrons. The molecule has 1 unspecified atom stereocenters. The van der Waals surface area contributed by atoms with Gasteiger partial charge in [-0.2, -0.15) is 0 Å². The van der Waals surface area contributed by atoms with Crippen molar-refractivity contribution in [3.63, 3.8) is 0 Å². The summed E-state index contributed by atoms with van der Waals surface area (Å²) in [6.07, 6.45) is 0. The first-order chi connectivity index (χ1) is 31.8. The second-order valence-corrected chi connectivity index (χ2v) is 18.1. The van der Waals surface area contributed by atoms with Gasteiger partial charge in [-0.1, -0.05) is 182 Å². The minimum atomic E-state index is -0.545. The van der Waals surface area contributed by atoms with Crippen LogP contribution in [-0.2, 0) is 5.41 Å². The van der Waals surface area contributed by atoms with Crippen molar-refractivity contribution < 1.29 is 4.42 Å². The van der Waals surface area contributed by atoms with Crippen molar-refractivity contribution in [3.8, 4) is 44.5 Å². The molecule has 298 valence electrons. The summed E-state index contributed by atoms with van der Waals surface area (Å²) in [5, 5.41) is 4.93. The maximum absolute atomic E-state index is 6.82. The normalized spacial score (nSPS) is 14.6. The van der Waals surface area contributed by atoms with Gasteiger partial charge in [-0.25, -0.2) is 0 Å². The first kappa shape index (κ1) is 35.6. The fraction of sp³-hybridized carbons (Fsp3) is 0.0164. The molecule has 0 fully saturated rings. The SMILES string of the molecule is c1ccc(-c2ccc(N(c3ccc(-c4cccc5c4sc4ccccc45)cc3)c3cccc4c3-c3ccccc3C43c4ccccc4-c4c3ccc3c4oc4ccccc43)cc2)cc1. The fourth-order valence-electron chi connectivity index (χ4n) is 11.2. The summed E-state index contributed by atoms with van der Waals surface area (Å²) in [4.78, 5) is 2.47. The van der Waals surface area contributed by atoms with Gasteiger partial charge in [0.05, 0.1) is 11.1 Å². The van der Waals surface area contributed by atoms with Crippen molar-refractivity contribution in [3.05, 3.63) is 247 Å². The summed E-state index contributed by atoms with van der Waals surface area (Å²) in [7, 11) is 0. The number of fused-ring (bicyclic) bond motifs is 17. The van der Waals surface area contributed by atoms with Crippen LogP contribution < -0.4 is 4.90 Å². The highest BCUT2D eigenvalue weighted by atomic mass is 32.1. The molecule has 0 amide bonds. The van der Waals surface area contributed by atoms with E-state index in [2.05, 4.69) is 229 Å². The zero-order valence-corrected chi connectivity index (χ0v) is 35.4. The maximum Gasteiger partial charge on any atom is 0.143 e. The van der Waals surface area contributed by atoms with Gasteiger partial charge in [-0.3, -0.25) is 0 Å². The number of furan rings is 1. The van der Waals surface area contributed by atoms with Gasteiger partial charge in [0.25, 0.3) is 0 Å². The molecule has 0 saturated carbocycles. The number of rotatable bonds is 5. The van der Waals surface area contributed by atoms with Gasteiger partial charge in [-0.05, 0) is 98.1 Å². The number of nitrogens with zero attached hydrogens (tertiary/aromatic N) is 1. The van der Waals surface area contributed by atoms with Gasteiger partial charge in [0.1, 0.15) is 11.2 Å². The van der Waals surface area contributed by atoms with E-state index >= 15 is 0 Å². The number of hydrogen-bond donors (Lipinski definition) is 0. The van der Waals surface area contributed by atoms with Crippen LogP contribution in [-0.4, -0.2) is 0 Å². The zero-order valence-electron chi connectivity index (χ0n) is 34.6. The molecule has 1 spiro atoms. The van der Waals surface area contributed by atoms with Gasteiger partial charge < -0.3 is 9.32 Å². The Hall–Kier alpha value is -7.98. The van der Waals surface area contributed by atoms with Gasteiger partial charge in [0.15, 0.2) is 0 Å². The molecule has 2 aliphatic rings. The van der Waals surface area contributed by atoms with Crippen molar-refractivity contribution in [2.45, 2.75) is 5.41 Å². The van der Waals surface area contributed by atoms with Crippen LogP contribution >= 0.6 is 11.3 Å². The molecule has 12 aromatic rings. The third-order valence-corrected chi connectivity index (χ3v) is 15.1. The van der Waals surface area contributed by atoms with E-state index in [1.54, 1.807) is 0 Å². The highest BCUT2D eigenvalue weighted by Crippen LogP contribution is 2.66. The zero-order chi connectivity index (χ0) is 41.9. The van der Waals surface area contributed by atoms with Gasteiger partial charge in [0, 0.05) is 53.4 Å². The van der Waals surface area contributed by atoms with Crippen molar-refractivity contribution in [2.24, 2.45) is 0 Å². The molecule has 0 bridgehead atoms. The monoisotopic (exact) mass is 831 g/mol. The number of hydrogen-bond acceptors (Lipinski definition) is 3. The Morgan fingerprint density at radius 2 is 0.922 bits per heavy atom. The fourth-order valence-corrected chi connectivity index (χ4v) is 12.5. The summed E-state index contributed by atoms with van der Waals surface area (Å²) >= 11 is 1.88. The molecule has 14 rings (SSSR count). The predicted molar refractivity (Wildman–Crippen MR) is 268 cm³/mol. The second-order valence-electron chi connectivity index (χ2n) is 17.1. The van der Waals surface area contributed by atoms with E-state index in [4.69, 9.17) is 4.42 Å². The Labute approximate surface area is 374 Å². The average molecular weight is 832 g/mol. The van der Waals surface area contributed by atoms with E-state index in [1.807, 2.05) is 11.3 Å². The van der Waals surface area contributed by atoms with Crippen molar-refractivity contribution >= 4 is 70.5 Å². The van der Waals surface area contributed by atoms with E-state index in [0.29, 0.717) is 0 Å². The molecule has 2 aliphatic carbocycles. The Kier molecular flexibility index (Phi) is 7.51. The van der Waals surface area contributed by atoms with Crippen LogP contribution in [0.1, 0.15) is 22.3 Å². The highest BCUT2D eigenvalue weighted by molar-refractivity contribution is 7.26. The van der Waals surface area contributed by atoms with Gasteiger partial charge >= 0.3 is 0 Å². The Balaban J connectivity index is 0.998. The average Bonchev–Trinajstić information content (AvgIpc) is 4.10. The maximum atomic E-state index is 6.82. The first-order valence-corrected chi connectivity index (χ1v) is 22.8. The van der Waals surface area contributed by atoms with Crippen LogP contribution in [0.5, 0.6) is 0 Å². The van der Waals surface area contributed by atoms with Crippen LogP contribution in [0, 0.1) is 0 Å². The molecule has 2 aromatic heterocycles. The Bertz CT molecular complexity index is 3840. The Morgan fingerprint density at radius 3 is 1.70 bits per heavy atom. The van der Waals surface area contributed by atoms with Crippen LogP contribution in [0.15, 0.2) is 229 Å². The molecule has 10 aromatic carbocycles. The smallest absolute Gasteiger partial charge is 0.143 e. The third-order valence-electron chi connectivity index (χ3n) is 13.9. The van der Waals surface area contributed by atoms with Crippen LogP contribution in [0.4, 0.5) is 17.1 Å². The molecule has 2 heterocycles. The van der Waals surface area contributed by atoms with E-state index in [0.717, 1.165) is 39.0 Å². The van der Waals surface area contributed by atoms with Crippen molar-refractivity contribution in [1.82, 2.24) is 0 Å². The van der Waals surface area contributed by atoms with Crippen LogP contribution in [0.2, 0.25) is 0 Å². The summed E-state index contributed by atoms with van der Waals surface area (Å²) in [5.41, 5.74) is 19.6. The van der Waals surface area contributed by atoms with Crippen LogP contribution in [0.25, 0.3) is 86.6 Å². The molecule has 1 atom stereocenters. The summed E-state index contributed by atoms with van der Waals surface area (Å²) in [5.74, 6) is 0. The van der Waals surface area contributed by atoms with Crippen molar-refractivity contribution in [1.29, 1.82) is 0 Å². The molecule has 0 aliphatic heterocycles. The van der Waals surface area contributed by atoms with E-state index < -0.39 is 5.41 Å². The number of anilines is 3. The molecule has 64 heavy (non-hydrogen) atoms. The summed E-state index contributed by atoms with van der Waals surface area (Å²) in [6.45, 7) is 0. The number of benzene rings is 10. The second kappa shape index (κ2) is 13.5. The number of thiophene rings is 1. The van der Waals surface area contributed by atoms with Crippen molar-refractivity contribution in [2.75, 3.05) is 4.90 Å². The third kappa shape index (κ3) is 4.85. The minimum Gasteiger partial charge on any atom is -0.455 e. The largest absolute Gasteiger partial charge is 0.455 e. The Morgan fingerprint density at radius 1 is 0.359 bits per heavy atom. The molecular formula is C61H37NOS. The highest BCUT2D eigenvalue weighted by Gasteiger charge is 2.53.